The van der Waals surface area contributed by atoms with Crippen LogP contribution in [0.4, 0.5) is 0 Å². The largest absolute Gasteiger partial charge is 0.454 e. The molecule has 0 bridgehead atoms. The van der Waals surface area contributed by atoms with Crippen molar-refractivity contribution in [3.05, 3.63) is 23.8 Å². The number of fused-ring (bicyclic) bond motifs is 1. The summed E-state index contributed by atoms with van der Waals surface area (Å²) in [7, 11) is 0. The van der Waals surface area contributed by atoms with Crippen molar-refractivity contribution in [1.82, 2.24) is 5.32 Å². The molecule has 2 rings (SSSR count). The van der Waals surface area contributed by atoms with E-state index in [1.165, 1.54) is 0 Å². The standard InChI is InChI=1S/C14H16N2O3/c1-14(2,8-15)13(17)16-6-5-10-3-4-11-12(7-10)19-9-18-11/h3-4,7H,5-6,9H2,1-2H3,(H,16,17). The van der Waals surface area contributed by atoms with E-state index in [1.54, 1.807) is 13.8 Å². The Morgan fingerprint density at radius 2 is 2.16 bits per heavy atom. The third-order valence-electron chi connectivity index (χ3n) is 2.98. The van der Waals surface area contributed by atoms with E-state index in [2.05, 4.69) is 5.32 Å². The fraction of sp³-hybridized carbons (Fsp3) is 0.429. The van der Waals surface area contributed by atoms with E-state index in [0.717, 1.165) is 17.1 Å². The van der Waals surface area contributed by atoms with E-state index in [0.29, 0.717) is 13.0 Å². The first-order chi connectivity index (χ1) is 9.03. The lowest BCUT2D eigenvalue weighted by Gasteiger charge is -2.14. The molecule has 5 heteroatoms. The molecule has 0 aromatic heterocycles. The van der Waals surface area contributed by atoms with Crippen molar-refractivity contribution >= 4 is 5.91 Å². The van der Waals surface area contributed by atoms with Gasteiger partial charge in [0.2, 0.25) is 12.7 Å². The molecule has 1 aliphatic heterocycles. The van der Waals surface area contributed by atoms with Gasteiger partial charge in [-0.1, -0.05) is 6.07 Å². The predicted octanol–water partition coefficient (Wildman–Crippen LogP) is 1.62. The highest BCUT2D eigenvalue weighted by molar-refractivity contribution is 5.84. The number of amides is 1. The number of ether oxygens (including phenoxy) is 2. The van der Waals surface area contributed by atoms with Gasteiger partial charge in [0, 0.05) is 6.54 Å². The smallest absolute Gasteiger partial charge is 0.239 e. The molecule has 19 heavy (non-hydrogen) atoms. The van der Waals surface area contributed by atoms with Crippen molar-refractivity contribution in [3.63, 3.8) is 0 Å². The van der Waals surface area contributed by atoms with E-state index < -0.39 is 5.41 Å². The van der Waals surface area contributed by atoms with Gasteiger partial charge in [-0.2, -0.15) is 5.26 Å². The Kier molecular flexibility index (Phi) is 3.61. The molecular formula is C14H16N2O3. The molecule has 0 unspecified atom stereocenters. The molecule has 1 amide bonds. The Labute approximate surface area is 112 Å². The van der Waals surface area contributed by atoms with Crippen LogP contribution < -0.4 is 14.8 Å². The first kappa shape index (κ1) is 13.2. The van der Waals surface area contributed by atoms with Crippen molar-refractivity contribution in [3.8, 4) is 17.6 Å². The number of carbonyl (C=O) groups excluding carboxylic acids is 1. The second-order valence-corrected chi connectivity index (χ2v) is 4.93. The number of benzene rings is 1. The predicted molar refractivity (Wildman–Crippen MR) is 68.7 cm³/mol. The van der Waals surface area contributed by atoms with Crippen molar-refractivity contribution in [2.75, 3.05) is 13.3 Å². The zero-order chi connectivity index (χ0) is 13.9. The summed E-state index contributed by atoms with van der Waals surface area (Å²) in [5, 5.41) is 11.6. The minimum Gasteiger partial charge on any atom is -0.454 e. The highest BCUT2D eigenvalue weighted by Crippen LogP contribution is 2.32. The number of nitriles is 1. The molecule has 100 valence electrons. The summed E-state index contributed by atoms with van der Waals surface area (Å²) in [4.78, 5) is 11.7. The van der Waals surface area contributed by atoms with Crippen LogP contribution in [0.15, 0.2) is 18.2 Å². The van der Waals surface area contributed by atoms with Gasteiger partial charge in [-0.25, -0.2) is 0 Å². The van der Waals surface area contributed by atoms with Gasteiger partial charge >= 0.3 is 0 Å². The molecule has 1 aromatic carbocycles. The van der Waals surface area contributed by atoms with Crippen molar-refractivity contribution in [2.24, 2.45) is 5.41 Å². The van der Waals surface area contributed by atoms with Gasteiger partial charge in [0.25, 0.3) is 0 Å². The van der Waals surface area contributed by atoms with Crippen molar-refractivity contribution in [2.45, 2.75) is 20.3 Å². The van der Waals surface area contributed by atoms with Crippen LogP contribution in [0.3, 0.4) is 0 Å². The second-order valence-electron chi connectivity index (χ2n) is 4.93. The number of rotatable bonds is 4. The zero-order valence-electron chi connectivity index (χ0n) is 11.0. The lowest BCUT2D eigenvalue weighted by molar-refractivity contribution is -0.126. The Balaban J connectivity index is 1.87. The highest BCUT2D eigenvalue weighted by atomic mass is 16.7. The summed E-state index contributed by atoms with van der Waals surface area (Å²) >= 11 is 0. The maximum absolute atomic E-state index is 11.7. The minimum atomic E-state index is -0.991. The van der Waals surface area contributed by atoms with Crippen LogP contribution in [0.5, 0.6) is 11.5 Å². The average Bonchev–Trinajstić information content (AvgIpc) is 2.86. The van der Waals surface area contributed by atoms with Crippen LogP contribution in [0.25, 0.3) is 0 Å². The first-order valence-electron chi connectivity index (χ1n) is 6.11. The molecule has 0 spiro atoms. The van der Waals surface area contributed by atoms with Gasteiger partial charge in [-0.3, -0.25) is 4.79 Å². The van der Waals surface area contributed by atoms with Gasteiger partial charge in [-0.05, 0) is 38.0 Å². The highest BCUT2D eigenvalue weighted by Gasteiger charge is 2.26. The summed E-state index contributed by atoms with van der Waals surface area (Å²) in [5.41, 5.74) is 0.0637. The normalized spacial score (nSPS) is 12.9. The quantitative estimate of drug-likeness (QED) is 0.893. The lowest BCUT2D eigenvalue weighted by Crippen LogP contribution is -2.36. The van der Waals surface area contributed by atoms with Crippen LogP contribution >= 0.6 is 0 Å². The first-order valence-corrected chi connectivity index (χ1v) is 6.11. The van der Waals surface area contributed by atoms with Gasteiger partial charge in [0.05, 0.1) is 6.07 Å². The van der Waals surface area contributed by atoms with Crippen LogP contribution in [0, 0.1) is 16.7 Å². The molecule has 0 fully saturated rings. The van der Waals surface area contributed by atoms with E-state index in [1.807, 2.05) is 24.3 Å². The second kappa shape index (κ2) is 5.19. The van der Waals surface area contributed by atoms with Gasteiger partial charge in [0.1, 0.15) is 5.41 Å². The third-order valence-corrected chi connectivity index (χ3v) is 2.98. The summed E-state index contributed by atoms with van der Waals surface area (Å²) in [6, 6.07) is 7.68. The summed E-state index contributed by atoms with van der Waals surface area (Å²) in [6.45, 7) is 3.95. The Morgan fingerprint density at radius 1 is 1.42 bits per heavy atom. The summed E-state index contributed by atoms with van der Waals surface area (Å²) in [5.74, 6) is 1.23. The van der Waals surface area contributed by atoms with Gasteiger partial charge in [-0.15, -0.1) is 0 Å². The molecule has 1 N–H and O–H groups in total. The van der Waals surface area contributed by atoms with Crippen LogP contribution in [-0.4, -0.2) is 19.2 Å². The molecule has 0 saturated carbocycles. The average molecular weight is 260 g/mol. The fourth-order valence-electron chi connectivity index (χ4n) is 1.69. The van der Waals surface area contributed by atoms with E-state index >= 15 is 0 Å². The van der Waals surface area contributed by atoms with Gasteiger partial charge < -0.3 is 14.8 Å². The maximum atomic E-state index is 11.7. The number of nitrogens with one attached hydrogen (secondary N) is 1. The Bertz CT molecular complexity index is 532. The Hall–Kier alpha value is -2.22. The van der Waals surface area contributed by atoms with Crippen LogP contribution in [-0.2, 0) is 11.2 Å². The molecule has 0 radical (unpaired) electrons. The monoisotopic (exact) mass is 260 g/mol. The molecule has 0 aliphatic carbocycles. The summed E-state index contributed by atoms with van der Waals surface area (Å²) in [6.07, 6.45) is 0.684. The minimum absolute atomic E-state index is 0.254. The molecule has 0 saturated heterocycles. The number of hydrogen-bond acceptors (Lipinski definition) is 4. The number of carbonyl (C=O) groups is 1. The molecule has 1 heterocycles. The molecule has 1 aromatic rings. The molecule has 5 nitrogen and oxygen atoms in total. The SMILES string of the molecule is CC(C)(C#N)C(=O)NCCc1ccc2c(c1)OCO2. The van der Waals surface area contributed by atoms with Crippen LogP contribution in [0.1, 0.15) is 19.4 Å². The number of hydrogen-bond donors (Lipinski definition) is 1. The molecule has 1 aliphatic rings. The third kappa shape index (κ3) is 2.97. The maximum Gasteiger partial charge on any atom is 0.239 e. The van der Waals surface area contributed by atoms with E-state index in [-0.39, 0.29) is 12.7 Å². The van der Waals surface area contributed by atoms with Crippen molar-refractivity contribution in [1.29, 1.82) is 5.26 Å². The van der Waals surface area contributed by atoms with E-state index in [4.69, 9.17) is 14.7 Å². The topological polar surface area (TPSA) is 71.4 Å². The van der Waals surface area contributed by atoms with E-state index in [9.17, 15) is 4.79 Å². The van der Waals surface area contributed by atoms with Crippen molar-refractivity contribution < 1.29 is 14.3 Å². The molecular weight excluding hydrogens is 244 g/mol. The number of nitrogens with zero attached hydrogens (tertiary/aromatic N) is 1. The Morgan fingerprint density at radius 3 is 2.89 bits per heavy atom. The molecule has 0 atom stereocenters. The summed E-state index contributed by atoms with van der Waals surface area (Å²) < 4.78 is 10.5. The fourth-order valence-corrected chi connectivity index (χ4v) is 1.69. The lowest BCUT2D eigenvalue weighted by atomic mass is 9.95. The van der Waals surface area contributed by atoms with Crippen LogP contribution in [0.2, 0.25) is 0 Å². The van der Waals surface area contributed by atoms with Gasteiger partial charge in [0.15, 0.2) is 11.5 Å². The zero-order valence-corrected chi connectivity index (χ0v) is 11.0.